The number of carbonyl (C=O) groups excluding carboxylic acids is 1. The topological polar surface area (TPSA) is 17.1 Å². The Morgan fingerprint density at radius 1 is 1.38 bits per heavy atom. The predicted molar refractivity (Wildman–Crippen MR) is 65.0 cm³/mol. The van der Waals surface area contributed by atoms with Gasteiger partial charge in [0.05, 0.1) is 10.0 Å². The van der Waals surface area contributed by atoms with E-state index in [4.69, 9.17) is 0 Å². The average molecular weight is 285 g/mol. The van der Waals surface area contributed by atoms with Gasteiger partial charge >= 0.3 is 0 Å². The Morgan fingerprint density at radius 3 is 2.62 bits per heavy atom. The Bertz CT molecular complexity index is 422. The summed E-state index contributed by atoms with van der Waals surface area (Å²) in [5.41, 5.74) is -0.138. The largest absolute Gasteiger partial charge is 0.293 e. The first-order valence-corrected chi connectivity index (χ1v) is 6.33. The fourth-order valence-electron chi connectivity index (χ4n) is 2.39. The fraction of sp³-hybridized carbons (Fsp3) is 0.462. The van der Waals surface area contributed by atoms with Gasteiger partial charge in [-0.05, 0) is 40.9 Å². The molecular formula is C13H14BrFO. The lowest BCUT2D eigenvalue weighted by molar-refractivity contribution is 0.0819. The summed E-state index contributed by atoms with van der Waals surface area (Å²) in [6, 6.07) is 4.90. The summed E-state index contributed by atoms with van der Waals surface area (Å²) >= 11 is 3.11. The molecule has 0 radical (unpaired) electrons. The van der Waals surface area contributed by atoms with Crippen molar-refractivity contribution in [1.29, 1.82) is 0 Å². The Balaban J connectivity index is 2.37. The Labute approximate surface area is 103 Å². The van der Waals surface area contributed by atoms with Crippen molar-refractivity contribution in [3.8, 4) is 0 Å². The maximum atomic E-state index is 13.8. The summed E-state index contributed by atoms with van der Waals surface area (Å²) in [6.07, 6.45) is 3.88. The zero-order valence-corrected chi connectivity index (χ0v) is 10.8. The summed E-state index contributed by atoms with van der Waals surface area (Å²) in [4.78, 5) is 12.3. The first-order chi connectivity index (χ1) is 7.54. The van der Waals surface area contributed by atoms with Crippen LogP contribution in [0.5, 0.6) is 0 Å². The molecule has 16 heavy (non-hydrogen) atoms. The normalized spacial score (nSPS) is 18.7. The molecule has 0 atom stereocenters. The van der Waals surface area contributed by atoms with E-state index in [1.54, 1.807) is 18.2 Å². The second-order valence-electron chi connectivity index (χ2n) is 4.70. The van der Waals surface area contributed by atoms with Gasteiger partial charge < -0.3 is 0 Å². The van der Waals surface area contributed by atoms with Crippen LogP contribution in [0.1, 0.15) is 43.0 Å². The van der Waals surface area contributed by atoms with Gasteiger partial charge in [-0.3, -0.25) is 4.79 Å². The summed E-state index contributed by atoms with van der Waals surface area (Å²) < 4.78 is 14.2. The van der Waals surface area contributed by atoms with E-state index < -0.39 is 5.82 Å². The molecule has 0 aromatic heterocycles. The number of halogens is 2. The van der Waals surface area contributed by atoms with E-state index in [1.807, 2.05) is 6.92 Å². The second kappa shape index (κ2) is 4.28. The number of carbonyl (C=O) groups is 1. The molecule has 0 amide bonds. The summed E-state index contributed by atoms with van der Waals surface area (Å²) in [5.74, 6) is -0.482. The van der Waals surface area contributed by atoms with Gasteiger partial charge in [-0.15, -0.1) is 0 Å². The SMILES string of the molecule is CC1(C(=O)c2cccc(Br)c2F)CCCC1. The van der Waals surface area contributed by atoms with E-state index in [0.717, 1.165) is 25.7 Å². The molecule has 0 spiro atoms. The van der Waals surface area contributed by atoms with Crippen LogP contribution in [0, 0.1) is 11.2 Å². The highest BCUT2D eigenvalue weighted by molar-refractivity contribution is 9.10. The van der Waals surface area contributed by atoms with Gasteiger partial charge in [0.15, 0.2) is 5.78 Å². The van der Waals surface area contributed by atoms with Gasteiger partial charge in [0, 0.05) is 5.41 Å². The molecule has 0 saturated heterocycles. The monoisotopic (exact) mass is 284 g/mol. The molecule has 1 nitrogen and oxygen atoms in total. The first kappa shape index (κ1) is 11.8. The maximum Gasteiger partial charge on any atom is 0.171 e. The van der Waals surface area contributed by atoms with E-state index in [-0.39, 0.29) is 16.8 Å². The van der Waals surface area contributed by atoms with Crippen molar-refractivity contribution in [2.24, 2.45) is 5.41 Å². The number of Topliss-reactive ketones (excluding diaryl/α,β-unsaturated/α-hetero) is 1. The second-order valence-corrected chi connectivity index (χ2v) is 5.55. The van der Waals surface area contributed by atoms with Crippen LogP contribution in [0.25, 0.3) is 0 Å². The molecule has 0 heterocycles. The molecule has 0 aliphatic heterocycles. The van der Waals surface area contributed by atoms with E-state index in [1.165, 1.54) is 0 Å². The minimum atomic E-state index is -0.430. The van der Waals surface area contributed by atoms with Gasteiger partial charge in [0.2, 0.25) is 0 Å². The third-order valence-corrected chi connectivity index (χ3v) is 4.06. The standard InChI is InChI=1S/C13H14BrFO/c1-13(7-2-3-8-13)12(16)9-5-4-6-10(14)11(9)15/h4-6H,2-3,7-8H2,1H3. The van der Waals surface area contributed by atoms with Crippen LogP contribution in [0.4, 0.5) is 4.39 Å². The number of hydrogen-bond acceptors (Lipinski definition) is 1. The maximum absolute atomic E-state index is 13.8. The fourth-order valence-corrected chi connectivity index (χ4v) is 2.75. The van der Waals surface area contributed by atoms with Gasteiger partial charge in [-0.25, -0.2) is 4.39 Å². The average Bonchev–Trinajstić information content (AvgIpc) is 2.70. The smallest absolute Gasteiger partial charge is 0.171 e. The van der Waals surface area contributed by atoms with Crippen molar-refractivity contribution in [3.05, 3.63) is 34.1 Å². The molecular weight excluding hydrogens is 271 g/mol. The van der Waals surface area contributed by atoms with Crippen LogP contribution < -0.4 is 0 Å². The van der Waals surface area contributed by atoms with Gasteiger partial charge in [-0.2, -0.15) is 0 Å². The Kier molecular flexibility index (Phi) is 3.15. The van der Waals surface area contributed by atoms with Crippen LogP contribution in [0.15, 0.2) is 22.7 Å². The van der Waals surface area contributed by atoms with Crippen molar-refractivity contribution in [3.63, 3.8) is 0 Å². The number of rotatable bonds is 2. The molecule has 0 unspecified atom stereocenters. The van der Waals surface area contributed by atoms with Crippen LogP contribution in [0.3, 0.4) is 0 Å². The van der Waals surface area contributed by atoms with Crippen molar-refractivity contribution >= 4 is 21.7 Å². The zero-order valence-electron chi connectivity index (χ0n) is 9.22. The molecule has 1 saturated carbocycles. The van der Waals surface area contributed by atoms with E-state index in [2.05, 4.69) is 15.9 Å². The molecule has 1 aliphatic carbocycles. The molecule has 86 valence electrons. The van der Waals surface area contributed by atoms with Crippen molar-refractivity contribution in [2.45, 2.75) is 32.6 Å². The summed E-state index contributed by atoms with van der Waals surface area (Å²) in [5, 5.41) is 0. The molecule has 2 rings (SSSR count). The third kappa shape index (κ3) is 1.93. The molecule has 0 N–H and O–H groups in total. The van der Waals surface area contributed by atoms with E-state index in [9.17, 15) is 9.18 Å². The van der Waals surface area contributed by atoms with Crippen LogP contribution in [0.2, 0.25) is 0 Å². The van der Waals surface area contributed by atoms with Crippen molar-refractivity contribution in [2.75, 3.05) is 0 Å². The van der Waals surface area contributed by atoms with Crippen molar-refractivity contribution in [1.82, 2.24) is 0 Å². The van der Waals surface area contributed by atoms with Gasteiger partial charge in [-0.1, -0.05) is 25.8 Å². The molecule has 1 aromatic rings. The predicted octanol–water partition coefficient (Wildman–Crippen LogP) is 4.35. The molecule has 1 fully saturated rings. The third-order valence-electron chi connectivity index (χ3n) is 3.45. The molecule has 3 heteroatoms. The Hall–Kier alpha value is -0.700. The zero-order chi connectivity index (χ0) is 11.8. The van der Waals surface area contributed by atoms with Gasteiger partial charge in [0.25, 0.3) is 0 Å². The minimum absolute atomic E-state index is 0.0520. The highest BCUT2D eigenvalue weighted by Crippen LogP contribution is 2.41. The van der Waals surface area contributed by atoms with E-state index in [0.29, 0.717) is 4.47 Å². The van der Waals surface area contributed by atoms with Gasteiger partial charge in [0.1, 0.15) is 5.82 Å². The number of hydrogen-bond donors (Lipinski definition) is 0. The van der Waals surface area contributed by atoms with Crippen LogP contribution >= 0.6 is 15.9 Å². The molecule has 1 aromatic carbocycles. The summed E-state index contributed by atoms with van der Waals surface area (Å²) in [6.45, 7) is 1.95. The van der Waals surface area contributed by atoms with E-state index >= 15 is 0 Å². The lowest BCUT2D eigenvalue weighted by Gasteiger charge is -2.22. The first-order valence-electron chi connectivity index (χ1n) is 5.53. The highest BCUT2D eigenvalue weighted by atomic mass is 79.9. The Morgan fingerprint density at radius 2 is 2.00 bits per heavy atom. The highest BCUT2D eigenvalue weighted by Gasteiger charge is 2.37. The molecule has 1 aliphatic rings. The van der Waals surface area contributed by atoms with Crippen LogP contribution in [-0.4, -0.2) is 5.78 Å². The number of benzene rings is 1. The quantitative estimate of drug-likeness (QED) is 0.738. The lowest BCUT2D eigenvalue weighted by Crippen LogP contribution is -2.25. The number of ketones is 1. The van der Waals surface area contributed by atoms with Crippen LogP contribution in [-0.2, 0) is 0 Å². The lowest BCUT2D eigenvalue weighted by atomic mass is 9.81. The van der Waals surface area contributed by atoms with Crippen molar-refractivity contribution < 1.29 is 9.18 Å². The minimum Gasteiger partial charge on any atom is -0.293 e. The summed E-state index contributed by atoms with van der Waals surface area (Å²) in [7, 11) is 0. The molecule has 0 bridgehead atoms.